The Morgan fingerprint density at radius 1 is 1.35 bits per heavy atom. The first-order valence-electron chi connectivity index (χ1n) is 9.29. The van der Waals surface area contributed by atoms with Gasteiger partial charge >= 0.3 is 5.97 Å². The van der Waals surface area contributed by atoms with Crippen LogP contribution in [0.3, 0.4) is 0 Å². The Morgan fingerprint density at radius 2 is 2.15 bits per heavy atom. The Labute approximate surface area is 152 Å². The van der Waals surface area contributed by atoms with Gasteiger partial charge in [-0.2, -0.15) is 0 Å². The number of para-hydroxylation sites is 1. The van der Waals surface area contributed by atoms with Gasteiger partial charge in [-0.05, 0) is 37.4 Å². The lowest BCUT2D eigenvalue weighted by Gasteiger charge is -2.48. The molecule has 2 aliphatic rings. The molecule has 6 nitrogen and oxygen atoms in total. The molecule has 0 bridgehead atoms. The minimum Gasteiger partial charge on any atom is -0.481 e. The second-order valence-corrected chi connectivity index (χ2v) is 7.63. The van der Waals surface area contributed by atoms with Crippen molar-refractivity contribution in [3.8, 4) is 0 Å². The zero-order chi connectivity index (χ0) is 18.3. The van der Waals surface area contributed by atoms with Gasteiger partial charge in [0.05, 0.1) is 6.42 Å². The van der Waals surface area contributed by atoms with E-state index in [2.05, 4.69) is 5.32 Å². The van der Waals surface area contributed by atoms with E-state index in [-0.39, 0.29) is 11.9 Å². The third-order valence-corrected chi connectivity index (χ3v) is 6.12. The maximum absolute atomic E-state index is 13.0. The first-order chi connectivity index (χ1) is 12.5. The molecule has 138 valence electrons. The summed E-state index contributed by atoms with van der Waals surface area (Å²) in [7, 11) is 1.98. The molecule has 0 unspecified atom stereocenters. The summed E-state index contributed by atoms with van der Waals surface area (Å²) < 4.78 is 2.04. The smallest absolute Gasteiger partial charge is 0.313 e. The number of nitrogens with one attached hydrogen (secondary N) is 1. The van der Waals surface area contributed by atoms with Gasteiger partial charge in [0.25, 0.3) is 0 Å². The number of likely N-dealkylation sites (tertiary alicyclic amines) is 1. The van der Waals surface area contributed by atoms with Gasteiger partial charge in [0.15, 0.2) is 0 Å². The number of amides is 1. The summed E-state index contributed by atoms with van der Waals surface area (Å²) >= 11 is 0. The minimum atomic E-state index is -0.842. The van der Waals surface area contributed by atoms with E-state index in [1.165, 1.54) is 0 Å². The number of carboxylic acids is 1. The van der Waals surface area contributed by atoms with Crippen LogP contribution in [0.5, 0.6) is 0 Å². The van der Waals surface area contributed by atoms with E-state index in [1.807, 2.05) is 42.1 Å². The number of aliphatic carboxylic acids is 1. The van der Waals surface area contributed by atoms with Crippen molar-refractivity contribution in [3.63, 3.8) is 0 Å². The molecular formula is C20H25N3O3. The van der Waals surface area contributed by atoms with Crippen molar-refractivity contribution in [3.05, 3.63) is 36.0 Å². The average Bonchev–Trinajstić information content (AvgIpc) is 2.97. The SMILES string of the molecule is Cn1cc(CC(=O)N2CC[C@H]3NCCC[C@]3(C(=O)O)C2)c2ccccc21. The molecule has 2 fully saturated rings. The van der Waals surface area contributed by atoms with Crippen molar-refractivity contribution in [2.24, 2.45) is 12.5 Å². The molecule has 1 amide bonds. The highest BCUT2D eigenvalue weighted by molar-refractivity contribution is 5.89. The van der Waals surface area contributed by atoms with Gasteiger partial charge in [0.1, 0.15) is 5.41 Å². The van der Waals surface area contributed by atoms with Crippen LogP contribution in [-0.4, -0.2) is 52.1 Å². The lowest BCUT2D eigenvalue weighted by Crippen LogP contribution is -2.63. The van der Waals surface area contributed by atoms with Crippen LogP contribution in [0.2, 0.25) is 0 Å². The number of carbonyl (C=O) groups is 2. The van der Waals surface area contributed by atoms with E-state index >= 15 is 0 Å². The summed E-state index contributed by atoms with van der Waals surface area (Å²) in [6.45, 7) is 1.80. The van der Waals surface area contributed by atoms with Crippen molar-refractivity contribution in [2.75, 3.05) is 19.6 Å². The molecule has 0 aliphatic carbocycles. The normalized spacial score (nSPS) is 25.9. The lowest BCUT2D eigenvalue weighted by atomic mass is 9.70. The number of piperidine rings is 2. The number of carbonyl (C=O) groups excluding carboxylic acids is 1. The van der Waals surface area contributed by atoms with E-state index in [1.54, 1.807) is 4.90 Å². The summed E-state index contributed by atoms with van der Waals surface area (Å²) in [6, 6.07) is 8.02. The largest absolute Gasteiger partial charge is 0.481 e. The van der Waals surface area contributed by atoms with Crippen LogP contribution in [-0.2, 0) is 23.1 Å². The molecule has 1 aromatic heterocycles. The van der Waals surface area contributed by atoms with E-state index in [9.17, 15) is 14.7 Å². The van der Waals surface area contributed by atoms with Crippen LogP contribution in [0, 0.1) is 5.41 Å². The summed E-state index contributed by atoms with van der Waals surface area (Å²) in [6.07, 6.45) is 4.50. The molecule has 2 N–H and O–H groups in total. The van der Waals surface area contributed by atoms with Crippen molar-refractivity contribution in [2.45, 2.75) is 31.7 Å². The van der Waals surface area contributed by atoms with Gasteiger partial charge in [0.2, 0.25) is 5.91 Å². The highest BCUT2D eigenvalue weighted by atomic mass is 16.4. The van der Waals surface area contributed by atoms with E-state index in [4.69, 9.17) is 0 Å². The second kappa shape index (κ2) is 6.43. The van der Waals surface area contributed by atoms with Gasteiger partial charge in [0, 0.05) is 43.3 Å². The monoisotopic (exact) mass is 355 g/mol. The predicted octanol–water partition coefficient (Wildman–Crippen LogP) is 1.78. The summed E-state index contributed by atoms with van der Waals surface area (Å²) in [5.41, 5.74) is 1.26. The Kier molecular flexibility index (Phi) is 4.23. The van der Waals surface area contributed by atoms with Crippen LogP contribution in [0.15, 0.2) is 30.5 Å². The number of aromatic nitrogens is 1. The Morgan fingerprint density at radius 3 is 2.96 bits per heavy atom. The van der Waals surface area contributed by atoms with Crippen molar-refractivity contribution < 1.29 is 14.7 Å². The third-order valence-electron chi connectivity index (χ3n) is 6.12. The standard InChI is InChI=1S/C20H25N3O3/c1-22-12-14(15-5-2-3-6-16(15)22)11-18(24)23-10-7-17-20(13-23,19(25)26)8-4-9-21-17/h2-3,5-6,12,17,21H,4,7-11,13H2,1H3,(H,25,26)/t17-,20+/m1/s1. The Bertz CT molecular complexity index is 859. The van der Waals surface area contributed by atoms with Gasteiger partial charge in [-0.15, -0.1) is 0 Å². The van der Waals surface area contributed by atoms with Crippen LogP contribution in [0.4, 0.5) is 0 Å². The van der Waals surface area contributed by atoms with Gasteiger partial charge in [-0.3, -0.25) is 9.59 Å². The van der Waals surface area contributed by atoms with Crippen molar-refractivity contribution in [1.82, 2.24) is 14.8 Å². The molecule has 2 atom stereocenters. The molecule has 0 radical (unpaired) electrons. The quantitative estimate of drug-likeness (QED) is 0.880. The topological polar surface area (TPSA) is 74.6 Å². The molecule has 3 heterocycles. The maximum Gasteiger partial charge on any atom is 0.313 e. The van der Waals surface area contributed by atoms with Crippen molar-refractivity contribution in [1.29, 1.82) is 0 Å². The zero-order valence-corrected chi connectivity index (χ0v) is 15.1. The predicted molar refractivity (Wildman–Crippen MR) is 98.9 cm³/mol. The minimum absolute atomic E-state index is 0.0194. The summed E-state index contributed by atoms with van der Waals surface area (Å²) in [5, 5.41) is 14.3. The number of nitrogens with zero attached hydrogens (tertiary/aromatic N) is 2. The Balaban J connectivity index is 1.56. The van der Waals surface area contributed by atoms with Crippen LogP contribution < -0.4 is 5.32 Å². The molecule has 2 saturated heterocycles. The van der Waals surface area contributed by atoms with Crippen molar-refractivity contribution >= 4 is 22.8 Å². The Hall–Kier alpha value is -2.34. The number of rotatable bonds is 3. The number of fused-ring (bicyclic) bond motifs is 2. The molecule has 0 saturated carbocycles. The number of carboxylic acid groups (broad SMARTS) is 1. The molecule has 2 aliphatic heterocycles. The molecule has 2 aromatic rings. The highest BCUT2D eigenvalue weighted by Crippen LogP contribution is 2.38. The first kappa shape index (κ1) is 17.1. The number of aryl methyl sites for hydroxylation is 1. The van der Waals surface area contributed by atoms with E-state index < -0.39 is 11.4 Å². The molecule has 0 spiro atoms. The fourth-order valence-electron chi connectivity index (χ4n) is 4.70. The van der Waals surface area contributed by atoms with Crippen LogP contribution >= 0.6 is 0 Å². The molecule has 6 heteroatoms. The third kappa shape index (κ3) is 2.69. The lowest BCUT2D eigenvalue weighted by molar-refractivity contribution is -0.159. The first-order valence-corrected chi connectivity index (χ1v) is 9.29. The van der Waals surface area contributed by atoms with Gasteiger partial charge in [-0.25, -0.2) is 0 Å². The average molecular weight is 355 g/mol. The molecule has 1 aromatic carbocycles. The van der Waals surface area contributed by atoms with Gasteiger partial charge < -0.3 is 19.9 Å². The van der Waals surface area contributed by atoms with E-state index in [0.29, 0.717) is 32.4 Å². The summed E-state index contributed by atoms with van der Waals surface area (Å²) in [5.74, 6) is -0.761. The molecule has 4 rings (SSSR count). The zero-order valence-electron chi connectivity index (χ0n) is 15.1. The fourth-order valence-corrected chi connectivity index (χ4v) is 4.70. The fraction of sp³-hybridized carbons (Fsp3) is 0.500. The van der Waals surface area contributed by atoms with Crippen LogP contribution in [0.1, 0.15) is 24.8 Å². The van der Waals surface area contributed by atoms with Crippen LogP contribution in [0.25, 0.3) is 10.9 Å². The van der Waals surface area contributed by atoms with Gasteiger partial charge in [-0.1, -0.05) is 18.2 Å². The molecular weight excluding hydrogens is 330 g/mol. The molecule has 26 heavy (non-hydrogen) atoms. The van der Waals surface area contributed by atoms with E-state index in [0.717, 1.165) is 29.4 Å². The highest BCUT2D eigenvalue weighted by Gasteiger charge is 2.51. The summed E-state index contributed by atoms with van der Waals surface area (Å²) in [4.78, 5) is 26.8. The maximum atomic E-state index is 13.0. The number of hydrogen-bond donors (Lipinski definition) is 2. The second-order valence-electron chi connectivity index (χ2n) is 7.63. The number of hydrogen-bond acceptors (Lipinski definition) is 3. The number of benzene rings is 1.